The predicted molar refractivity (Wildman–Crippen MR) is 72.9 cm³/mol. The number of hydrogen-bond donors (Lipinski definition) is 1. The van der Waals surface area contributed by atoms with Crippen LogP contribution in [0, 0.1) is 5.82 Å². The molecule has 3 nitrogen and oxygen atoms in total. The Morgan fingerprint density at radius 2 is 2.16 bits per heavy atom. The Labute approximate surface area is 116 Å². The first-order valence-corrected chi connectivity index (χ1v) is 6.33. The second-order valence-electron chi connectivity index (χ2n) is 4.06. The van der Waals surface area contributed by atoms with Crippen LogP contribution in [0.1, 0.15) is 24.9 Å². The van der Waals surface area contributed by atoms with Crippen molar-refractivity contribution in [3.63, 3.8) is 0 Å². The van der Waals surface area contributed by atoms with E-state index in [-0.39, 0.29) is 22.7 Å². The van der Waals surface area contributed by atoms with Gasteiger partial charge >= 0.3 is 0 Å². The van der Waals surface area contributed by atoms with Gasteiger partial charge in [-0.05, 0) is 18.6 Å². The Morgan fingerprint density at radius 3 is 2.79 bits per heavy atom. The van der Waals surface area contributed by atoms with E-state index in [0.29, 0.717) is 12.0 Å². The number of hydrogen-bond acceptors (Lipinski definition) is 3. The Kier molecular flexibility index (Phi) is 4.35. The fourth-order valence-electron chi connectivity index (χ4n) is 1.66. The Balaban J connectivity index is 2.39. The van der Waals surface area contributed by atoms with Crippen LogP contribution >= 0.6 is 11.6 Å². The van der Waals surface area contributed by atoms with Gasteiger partial charge in [-0.15, -0.1) is 0 Å². The molecule has 1 atom stereocenters. The number of benzene rings is 1. The van der Waals surface area contributed by atoms with Gasteiger partial charge in [-0.25, -0.2) is 9.37 Å². The number of halogens is 2. The molecule has 0 unspecified atom stereocenters. The maximum absolute atomic E-state index is 14.3. The van der Waals surface area contributed by atoms with Gasteiger partial charge in [0.25, 0.3) is 0 Å². The number of nitrogens with two attached hydrogens (primary N) is 1. The number of rotatable bonds is 4. The van der Waals surface area contributed by atoms with E-state index in [1.807, 2.05) is 6.92 Å². The number of nitrogens with zero attached hydrogens (tertiary/aromatic N) is 1. The minimum Gasteiger partial charge on any atom is -0.434 e. The lowest BCUT2D eigenvalue weighted by Crippen LogP contribution is -2.11. The fraction of sp³-hybridized carbons (Fsp3) is 0.214. The third kappa shape index (κ3) is 3.03. The molecule has 0 aliphatic heterocycles. The second kappa shape index (κ2) is 5.99. The molecule has 1 aromatic heterocycles. The highest BCUT2D eigenvalue weighted by Gasteiger charge is 2.18. The average Bonchev–Trinajstić information content (AvgIpc) is 2.44. The lowest BCUT2D eigenvalue weighted by Gasteiger charge is -2.14. The molecular weight excluding hydrogens is 267 g/mol. The van der Waals surface area contributed by atoms with Gasteiger partial charge in [-0.3, -0.25) is 0 Å². The third-order valence-electron chi connectivity index (χ3n) is 2.76. The molecule has 0 radical (unpaired) electrons. The van der Waals surface area contributed by atoms with E-state index >= 15 is 0 Å². The number of aromatic nitrogens is 1. The number of ether oxygens (including phenoxy) is 1. The van der Waals surface area contributed by atoms with Crippen molar-refractivity contribution in [1.29, 1.82) is 0 Å². The van der Waals surface area contributed by atoms with Crippen LogP contribution in [0.4, 0.5) is 4.39 Å². The largest absolute Gasteiger partial charge is 0.434 e. The first-order chi connectivity index (χ1) is 9.13. The van der Waals surface area contributed by atoms with Crippen molar-refractivity contribution in [1.82, 2.24) is 4.98 Å². The molecule has 5 heteroatoms. The molecule has 0 spiro atoms. The topological polar surface area (TPSA) is 48.1 Å². The van der Waals surface area contributed by atoms with E-state index < -0.39 is 5.82 Å². The SMILES string of the molecule is CC[C@@H](N)c1ccc(Cl)c(Oc2ccccn2)c1F. The number of pyridine rings is 1. The van der Waals surface area contributed by atoms with Crippen LogP contribution in [-0.4, -0.2) is 4.98 Å². The van der Waals surface area contributed by atoms with Gasteiger partial charge in [0.2, 0.25) is 5.88 Å². The minimum atomic E-state index is -0.535. The summed E-state index contributed by atoms with van der Waals surface area (Å²) in [7, 11) is 0. The van der Waals surface area contributed by atoms with Crippen LogP contribution in [0.5, 0.6) is 11.6 Å². The van der Waals surface area contributed by atoms with Crippen molar-refractivity contribution in [3.05, 3.63) is 52.9 Å². The van der Waals surface area contributed by atoms with Crippen molar-refractivity contribution >= 4 is 11.6 Å². The summed E-state index contributed by atoms with van der Waals surface area (Å²) < 4.78 is 19.7. The molecule has 0 saturated heterocycles. The molecule has 0 aliphatic carbocycles. The molecule has 0 aliphatic rings. The highest BCUT2D eigenvalue weighted by atomic mass is 35.5. The van der Waals surface area contributed by atoms with Crippen LogP contribution < -0.4 is 10.5 Å². The highest BCUT2D eigenvalue weighted by molar-refractivity contribution is 6.32. The van der Waals surface area contributed by atoms with E-state index in [4.69, 9.17) is 22.1 Å². The van der Waals surface area contributed by atoms with Crippen LogP contribution in [0.3, 0.4) is 0 Å². The molecule has 2 aromatic rings. The van der Waals surface area contributed by atoms with Gasteiger partial charge in [-0.2, -0.15) is 0 Å². The predicted octanol–water partition coefficient (Wildman–Crippen LogP) is 4.08. The summed E-state index contributed by atoms with van der Waals surface area (Å²) >= 11 is 5.97. The normalized spacial score (nSPS) is 12.2. The molecule has 1 aromatic carbocycles. The van der Waals surface area contributed by atoms with E-state index in [0.717, 1.165) is 0 Å². The molecule has 0 fully saturated rings. The summed E-state index contributed by atoms with van der Waals surface area (Å²) in [5, 5.41) is 0.190. The smallest absolute Gasteiger partial charge is 0.219 e. The van der Waals surface area contributed by atoms with Crippen molar-refractivity contribution in [2.24, 2.45) is 5.73 Å². The first kappa shape index (κ1) is 13.8. The van der Waals surface area contributed by atoms with Gasteiger partial charge in [0.15, 0.2) is 11.6 Å². The van der Waals surface area contributed by atoms with E-state index in [2.05, 4.69) is 4.98 Å². The molecule has 1 heterocycles. The van der Waals surface area contributed by atoms with Crippen LogP contribution in [0.15, 0.2) is 36.5 Å². The van der Waals surface area contributed by atoms with E-state index in [1.54, 1.807) is 36.5 Å². The quantitative estimate of drug-likeness (QED) is 0.918. The third-order valence-corrected chi connectivity index (χ3v) is 3.06. The highest BCUT2D eigenvalue weighted by Crippen LogP contribution is 2.35. The fourth-order valence-corrected chi connectivity index (χ4v) is 1.84. The standard InChI is InChI=1S/C14H14ClFN2O/c1-2-11(17)9-6-7-10(15)14(13(9)16)19-12-5-3-4-8-18-12/h3-8,11H,2,17H2,1H3/t11-/m1/s1. The lowest BCUT2D eigenvalue weighted by molar-refractivity contribution is 0.421. The van der Waals surface area contributed by atoms with Crippen molar-refractivity contribution in [3.8, 4) is 11.6 Å². The average molecular weight is 281 g/mol. The van der Waals surface area contributed by atoms with Gasteiger partial charge in [0.05, 0.1) is 5.02 Å². The zero-order chi connectivity index (χ0) is 13.8. The van der Waals surface area contributed by atoms with Crippen molar-refractivity contribution in [2.45, 2.75) is 19.4 Å². The summed E-state index contributed by atoms with van der Waals surface area (Å²) in [5.41, 5.74) is 6.24. The van der Waals surface area contributed by atoms with Gasteiger partial charge in [0.1, 0.15) is 0 Å². The Bertz CT molecular complexity index is 563. The van der Waals surface area contributed by atoms with Crippen molar-refractivity contribution < 1.29 is 9.13 Å². The summed E-state index contributed by atoms with van der Waals surface area (Å²) in [6, 6.07) is 7.89. The van der Waals surface area contributed by atoms with Crippen LogP contribution in [-0.2, 0) is 0 Å². The molecular formula is C14H14ClFN2O. The summed E-state index contributed by atoms with van der Waals surface area (Å²) in [6.45, 7) is 1.89. The van der Waals surface area contributed by atoms with Gasteiger partial charge in [-0.1, -0.05) is 30.7 Å². The summed E-state index contributed by atoms with van der Waals surface area (Å²) in [4.78, 5) is 3.97. The van der Waals surface area contributed by atoms with E-state index in [1.165, 1.54) is 0 Å². The monoisotopic (exact) mass is 280 g/mol. The molecule has 2 N–H and O–H groups in total. The van der Waals surface area contributed by atoms with Gasteiger partial charge < -0.3 is 10.5 Å². The minimum absolute atomic E-state index is 0.0400. The first-order valence-electron chi connectivity index (χ1n) is 5.95. The van der Waals surface area contributed by atoms with E-state index in [9.17, 15) is 4.39 Å². The van der Waals surface area contributed by atoms with Crippen LogP contribution in [0.25, 0.3) is 0 Å². The molecule has 100 valence electrons. The molecule has 0 bridgehead atoms. The Hall–Kier alpha value is -1.65. The van der Waals surface area contributed by atoms with Crippen molar-refractivity contribution in [2.75, 3.05) is 0 Å². The molecule has 19 heavy (non-hydrogen) atoms. The molecule has 0 amide bonds. The second-order valence-corrected chi connectivity index (χ2v) is 4.47. The molecule has 0 saturated carbocycles. The van der Waals surface area contributed by atoms with Crippen LogP contribution in [0.2, 0.25) is 5.02 Å². The summed E-state index contributed by atoms with van der Waals surface area (Å²) in [6.07, 6.45) is 2.18. The zero-order valence-electron chi connectivity index (χ0n) is 10.4. The molecule has 2 rings (SSSR count). The maximum Gasteiger partial charge on any atom is 0.219 e. The Morgan fingerprint density at radius 1 is 1.37 bits per heavy atom. The van der Waals surface area contributed by atoms with Gasteiger partial charge in [0, 0.05) is 23.9 Å². The zero-order valence-corrected chi connectivity index (χ0v) is 11.2. The maximum atomic E-state index is 14.3. The lowest BCUT2D eigenvalue weighted by atomic mass is 10.0. The summed E-state index contributed by atoms with van der Waals surface area (Å²) in [5.74, 6) is -0.292.